The van der Waals surface area contributed by atoms with E-state index in [1.807, 2.05) is 7.05 Å². The van der Waals surface area contributed by atoms with Crippen LogP contribution in [0.5, 0.6) is 0 Å². The molecule has 0 aromatic carbocycles. The van der Waals surface area contributed by atoms with Gasteiger partial charge < -0.3 is 10.6 Å². The predicted octanol–water partition coefficient (Wildman–Crippen LogP) is 4.28. The fraction of sp³-hybridized carbons (Fsp3) is 0.810. The number of rotatable bonds is 8. The van der Waals surface area contributed by atoms with E-state index in [0.29, 0.717) is 5.41 Å². The highest BCUT2D eigenvalue weighted by Crippen LogP contribution is 2.42. The molecule has 0 amide bonds. The van der Waals surface area contributed by atoms with E-state index in [1.54, 1.807) is 11.3 Å². The van der Waals surface area contributed by atoms with Gasteiger partial charge in [0.05, 0.1) is 10.7 Å². The largest absolute Gasteiger partial charge is 0.356 e. The molecule has 2 heterocycles. The molecular formula is C21H38IN5S. The average Bonchev–Trinajstić information content (AvgIpc) is 3.12. The third-order valence-electron chi connectivity index (χ3n) is 6.57. The standard InChI is InChI=1S/C21H37N5S.HI/c1-4-19-25-18(15-27-19)14-26-11-7-17(8-12-26)13-23-20(22-3)24-16-21(5-2)9-6-10-21;/h15,17H,4-14,16H2,1-3H3,(H2,22,23,24);1H. The van der Waals surface area contributed by atoms with Gasteiger partial charge in [-0.15, -0.1) is 35.3 Å². The molecule has 1 aromatic heterocycles. The maximum atomic E-state index is 4.71. The molecule has 160 valence electrons. The molecule has 28 heavy (non-hydrogen) atoms. The van der Waals surface area contributed by atoms with Gasteiger partial charge in [0, 0.05) is 32.1 Å². The zero-order chi connectivity index (χ0) is 19.1. The van der Waals surface area contributed by atoms with E-state index in [-0.39, 0.29) is 24.0 Å². The Hall–Kier alpha value is -0.410. The molecule has 0 unspecified atom stereocenters. The van der Waals surface area contributed by atoms with Gasteiger partial charge in [0.2, 0.25) is 0 Å². The molecule has 5 nitrogen and oxygen atoms in total. The second kappa shape index (κ2) is 11.7. The number of nitrogens with one attached hydrogen (secondary N) is 2. The van der Waals surface area contributed by atoms with Crippen LogP contribution in [0.25, 0.3) is 0 Å². The minimum Gasteiger partial charge on any atom is -0.356 e. The lowest BCUT2D eigenvalue weighted by atomic mass is 9.67. The first-order valence-corrected chi connectivity index (χ1v) is 11.6. The molecule has 2 fully saturated rings. The quantitative estimate of drug-likeness (QED) is 0.306. The van der Waals surface area contributed by atoms with Crippen LogP contribution < -0.4 is 10.6 Å². The van der Waals surface area contributed by atoms with Gasteiger partial charge in [-0.25, -0.2) is 4.98 Å². The molecule has 0 atom stereocenters. The summed E-state index contributed by atoms with van der Waals surface area (Å²) in [6.45, 7) is 9.96. The Morgan fingerprint density at radius 1 is 1.29 bits per heavy atom. The summed E-state index contributed by atoms with van der Waals surface area (Å²) in [5.74, 6) is 1.72. The number of halogens is 1. The van der Waals surface area contributed by atoms with Crippen LogP contribution in [-0.2, 0) is 13.0 Å². The van der Waals surface area contributed by atoms with E-state index >= 15 is 0 Å². The highest BCUT2D eigenvalue weighted by molar-refractivity contribution is 14.0. The Bertz CT molecular complexity index is 600. The highest BCUT2D eigenvalue weighted by atomic mass is 127. The number of hydrogen-bond donors (Lipinski definition) is 2. The summed E-state index contributed by atoms with van der Waals surface area (Å²) in [6, 6.07) is 0. The van der Waals surface area contributed by atoms with Crippen LogP contribution in [0.4, 0.5) is 0 Å². The summed E-state index contributed by atoms with van der Waals surface area (Å²) in [6.07, 6.45) is 8.96. The second-order valence-corrected chi connectivity index (χ2v) is 9.26. The Morgan fingerprint density at radius 2 is 2.04 bits per heavy atom. The van der Waals surface area contributed by atoms with Crippen molar-refractivity contribution in [3.05, 3.63) is 16.1 Å². The van der Waals surface area contributed by atoms with Crippen LogP contribution >= 0.6 is 35.3 Å². The molecule has 0 radical (unpaired) electrons. The van der Waals surface area contributed by atoms with Crippen molar-refractivity contribution in [2.75, 3.05) is 33.2 Å². The number of thiazole rings is 1. The van der Waals surface area contributed by atoms with Crippen molar-refractivity contribution in [1.29, 1.82) is 0 Å². The van der Waals surface area contributed by atoms with E-state index in [2.05, 4.69) is 39.8 Å². The van der Waals surface area contributed by atoms with Gasteiger partial charge in [0.15, 0.2) is 5.96 Å². The zero-order valence-corrected chi connectivity index (χ0v) is 20.9. The van der Waals surface area contributed by atoms with Crippen molar-refractivity contribution < 1.29 is 0 Å². The minimum atomic E-state index is 0. The first-order chi connectivity index (χ1) is 13.2. The molecule has 7 heteroatoms. The summed E-state index contributed by atoms with van der Waals surface area (Å²) < 4.78 is 0. The molecular weight excluding hydrogens is 481 g/mol. The van der Waals surface area contributed by atoms with Crippen molar-refractivity contribution in [1.82, 2.24) is 20.5 Å². The maximum absolute atomic E-state index is 4.71. The van der Waals surface area contributed by atoms with Gasteiger partial charge in [-0.3, -0.25) is 9.89 Å². The van der Waals surface area contributed by atoms with Crippen molar-refractivity contribution in [2.45, 2.75) is 65.3 Å². The van der Waals surface area contributed by atoms with Crippen molar-refractivity contribution in [2.24, 2.45) is 16.3 Å². The van der Waals surface area contributed by atoms with E-state index < -0.39 is 0 Å². The monoisotopic (exact) mass is 519 g/mol. The second-order valence-electron chi connectivity index (χ2n) is 8.32. The molecule has 3 rings (SSSR count). The van der Waals surface area contributed by atoms with E-state index in [4.69, 9.17) is 4.98 Å². The zero-order valence-electron chi connectivity index (χ0n) is 17.8. The molecule has 2 aliphatic rings. The normalized spacial score (nSPS) is 20.3. The fourth-order valence-corrected chi connectivity index (χ4v) is 4.96. The average molecular weight is 520 g/mol. The lowest BCUT2D eigenvalue weighted by Crippen LogP contribution is -2.47. The smallest absolute Gasteiger partial charge is 0.191 e. The van der Waals surface area contributed by atoms with Crippen LogP contribution in [0.15, 0.2) is 10.4 Å². The van der Waals surface area contributed by atoms with E-state index in [1.165, 1.54) is 62.3 Å². The van der Waals surface area contributed by atoms with E-state index in [9.17, 15) is 0 Å². The lowest BCUT2D eigenvalue weighted by molar-refractivity contribution is 0.131. The maximum Gasteiger partial charge on any atom is 0.191 e. The fourth-order valence-electron chi connectivity index (χ4n) is 4.23. The summed E-state index contributed by atoms with van der Waals surface area (Å²) >= 11 is 1.80. The van der Waals surface area contributed by atoms with Crippen molar-refractivity contribution in [3.8, 4) is 0 Å². The number of aryl methyl sites for hydroxylation is 1. The molecule has 1 aromatic rings. The Balaban J connectivity index is 0.00000280. The number of hydrogen-bond acceptors (Lipinski definition) is 4. The van der Waals surface area contributed by atoms with Crippen LogP contribution in [0.2, 0.25) is 0 Å². The minimum absolute atomic E-state index is 0. The summed E-state index contributed by atoms with van der Waals surface area (Å²) in [4.78, 5) is 11.7. The van der Waals surface area contributed by atoms with Crippen LogP contribution in [0.3, 0.4) is 0 Å². The number of likely N-dealkylation sites (tertiary alicyclic amines) is 1. The molecule has 1 saturated carbocycles. The third kappa shape index (κ3) is 6.55. The summed E-state index contributed by atoms with van der Waals surface area (Å²) in [5.41, 5.74) is 1.77. The summed E-state index contributed by atoms with van der Waals surface area (Å²) in [7, 11) is 1.88. The SMILES string of the molecule is CCc1nc(CN2CCC(CNC(=NC)NCC3(CC)CCC3)CC2)cs1.I. The third-order valence-corrected chi connectivity index (χ3v) is 7.61. The van der Waals surface area contributed by atoms with Crippen molar-refractivity contribution >= 4 is 41.3 Å². The first kappa shape index (κ1) is 23.9. The molecule has 2 N–H and O–H groups in total. The highest BCUT2D eigenvalue weighted by Gasteiger charge is 2.34. The van der Waals surface area contributed by atoms with Crippen LogP contribution in [0.1, 0.15) is 63.1 Å². The van der Waals surface area contributed by atoms with Crippen LogP contribution in [-0.4, -0.2) is 49.1 Å². The van der Waals surface area contributed by atoms with Gasteiger partial charge in [-0.1, -0.05) is 20.3 Å². The Kier molecular flexibility index (Phi) is 9.97. The lowest BCUT2D eigenvalue weighted by Gasteiger charge is -2.41. The molecule has 0 bridgehead atoms. The first-order valence-electron chi connectivity index (χ1n) is 10.8. The molecule has 1 aliphatic heterocycles. The molecule has 0 spiro atoms. The number of nitrogens with zero attached hydrogens (tertiary/aromatic N) is 3. The van der Waals surface area contributed by atoms with Gasteiger partial charge in [0.25, 0.3) is 0 Å². The number of aromatic nitrogens is 1. The number of piperidine rings is 1. The van der Waals surface area contributed by atoms with E-state index in [0.717, 1.165) is 37.9 Å². The van der Waals surface area contributed by atoms with Gasteiger partial charge in [0.1, 0.15) is 0 Å². The number of aliphatic imine (C=N–C) groups is 1. The molecule has 1 saturated heterocycles. The van der Waals surface area contributed by atoms with Gasteiger partial charge in [-0.2, -0.15) is 0 Å². The van der Waals surface area contributed by atoms with Gasteiger partial charge in [-0.05, 0) is 62.9 Å². The predicted molar refractivity (Wildman–Crippen MR) is 131 cm³/mol. The number of guanidine groups is 1. The van der Waals surface area contributed by atoms with Crippen molar-refractivity contribution in [3.63, 3.8) is 0 Å². The summed E-state index contributed by atoms with van der Waals surface area (Å²) in [5, 5.41) is 10.6. The van der Waals surface area contributed by atoms with Crippen LogP contribution in [0, 0.1) is 11.3 Å². The molecule has 1 aliphatic carbocycles. The topological polar surface area (TPSA) is 52.6 Å². The Morgan fingerprint density at radius 3 is 2.57 bits per heavy atom. The Labute approximate surface area is 192 Å². The van der Waals surface area contributed by atoms with Gasteiger partial charge >= 0.3 is 0 Å².